The van der Waals surface area contributed by atoms with Gasteiger partial charge >= 0.3 is 0 Å². The second-order valence-corrected chi connectivity index (χ2v) is 13.1. The van der Waals surface area contributed by atoms with E-state index in [1.807, 2.05) is 41.5 Å². The maximum absolute atomic E-state index is 15.3. The van der Waals surface area contributed by atoms with E-state index >= 15 is 4.39 Å². The molecule has 200 valence electrons. The van der Waals surface area contributed by atoms with Crippen LogP contribution in [0.25, 0.3) is 0 Å². The Morgan fingerprint density at radius 1 is 1.08 bits per heavy atom. The summed E-state index contributed by atoms with van der Waals surface area (Å²) in [6, 6.07) is 15.5. The number of anilines is 2. The normalized spacial score (nSPS) is 23.3. The van der Waals surface area contributed by atoms with Crippen LogP contribution in [-0.2, 0) is 14.8 Å². The van der Waals surface area contributed by atoms with Crippen LogP contribution in [0.4, 0.5) is 15.8 Å². The third-order valence-electron chi connectivity index (χ3n) is 7.96. The Morgan fingerprint density at radius 2 is 1.79 bits per heavy atom. The van der Waals surface area contributed by atoms with Crippen LogP contribution in [0.3, 0.4) is 0 Å². The second-order valence-electron chi connectivity index (χ2n) is 10.3. The van der Waals surface area contributed by atoms with Gasteiger partial charge in [0.1, 0.15) is 5.82 Å². The van der Waals surface area contributed by atoms with Crippen molar-refractivity contribution in [2.45, 2.75) is 11.8 Å². The standard InChI is InChI=1S/C28H30FN3O4S2/c1-19-4-7-21(8-5-19)38(34,35)31-16-22-23(17-31)24(22)18-32(28(33)27-3-2-14-37-27)20-6-9-26(25(29)15-20)30-10-12-36-13-11-30/h2-9,14-15,22-24H,10-13,16-18H2,1H3. The highest BCUT2D eigenvalue weighted by molar-refractivity contribution is 7.89. The third kappa shape index (κ3) is 4.75. The highest BCUT2D eigenvalue weighted by atomic mass is 32.2. The molecular formula is C28H30FN3O4S2. The Bertz CT molecular complexity index is 1410. The number of amides is 1. The summed E-state index contributed by atoms with van der Waals surface area (Å²) >= 11 is 1.36. The van der Waals surface area contributed by atoms with Gasteiger partial charge in [-0.3, -0.25) is 4.79 Å². The molecule has 0 radical (unpaired) electrons. The summed E-state index contributed by atoms with van der Waals surface area (Å²) in [6.45, 7) is 5.62. The van der Waals surface area contributed by atoms with Gasteiger partial charge in [-0.1, -0.05) is 23.8 Å². The number of hydrogen-bond donors (Lipinski definition) is 0. The predicted molar refractivity (Wildman–Crippen MR) is 146 cm³/mol. The lowest BCUT2D eigenvalue weighted by atomic mass is 10.2. The van der Waals surface area contributed by atoms with Gasteiger partial charge in [-0.05, 0) is 66.5 Å². The van der Waals surface area contributed by atoms with Crippen molar-refractivity contribution in [3.63, 3.8) is 0 Å². The Kier molecular flexibility index (Phi) is 6.75. The number of hydrogen-bond acceptors (Lipinski definition) is 6. The third-order valence-corrected chi connectivity index (χ3v) is 10.7. The molecule has 1 saturated carbocycles. The molecule has 0 N–H and O–H groups in total. The molecule has 3 heterocycles. The largest absolute Gasteiger partial charge is 0.378 e. The maximum atomic E-state index is 15.3. The Hall–Kier alpha value is -2.79. The van der Waals surface area contributed by atoms with Crippen LogP contribution in [0.2, 0.25) is 0 Å². The van der Waals surface area contributed by atoms with Crippen LogP contribution in [0.5, 0.6) is 0 Å². The van der Waals surface area contributed by atoms with Crippen LogP contribution < -0.4 is 9.80 Å². The molecule has 1 aliphatic carbocycles. The minimum atomic E-state index is -3.54. The fourth-order valence-corrected chi connectivity index (χ4v) is 7.90. The van der Waals surface area contributed by atoms with Crippen LogP contribution >= 0.6 is 11.3 Å². The molecule has 2 saturated heterocycles. The van der Waals surface area contributed by atoms with E-state index in [4.69, 9.17) is 4.74 Å². The number of benzene rings is 2. The van der Waals surface area contributed by atoms with Crippen LogP contribution in [0.15, 0.2) is 64.9 Å². The number of ether oxygens (including phenoxy) is 1. The molecule has 2 atom stereocenters. The van der Waals surface area contributed by atoms with Crippen molar-refractivity contribution >= 4 is 38.6 Å². The zero-order valence-electron chi connectivity index (χ0n) is 21.1. The number of morpholine rings is 1. The minimum absolute atomic E-state index is 0.160. The van der Waals surface area contributed by atoms with Gasteiger partial charge in [-0.15, -0.1) is 11.3 Å². The highest BCUT2D eigenvalue weighted by Crippen LogP contribution is 2.53. The van der Waals surface area contributed by atoms with Crippen molar-refractivity contribution < 1.29 is 22.3 Å². The number of sulfonamides is 1. The molecule has 1 aromatic heterocycles. The van der Waals surface area contributed by atoms with E-state index in [1.54, 1.807) is 33.5 Å². The number of carbonyl (C=O) groups excluding carboxylic acids is 1. The lowest BCUT2D eigenvalue weighted by molar-refractivity contribution is 0.0988. The zero-order chi connectivity index (χ0) is 26.4. The summed E-state index contributed by atoms with van der Waals surface area (Å²) in [5.74, 6) is 0.0235. The molecule has 7 nitrogen and oxygen atoms in total. The van der Waals surface area contributed by atoms with Gasteiger partial charge < -0.3 is 14.5 Å². The second kappa shape index (κ2) is 10.1. The summed E-state index contributed by atoms with van der Waals surface area (Å²) in [5, 5.41) is 1.85. The van der Waals surface area contributed by atoms with E-state index in [2.05, 4.69) is 0 Å². The van der Waals surface area contributed by atoms with E-state index in [0.717, 1.165) is 5.56 Å². The topological polar surface area (TPSA) is 70.2 Å². The first-order valence-electron chi connectivity index (χ1n) is 12.9. The molecule has 3 aromatic rings. The molecule has 1 amide bonds. The molecule has 10 heteroatoms. The smallest absolute Gasteiger partial charge is 0.268 e. The number of thiophene rings is 1. The maximum Gasteiger partial charge on any atom is 0.268 e. The van der Waals surface area contributed by atoms with E-state index in [-0.39, 0.29) is 29.5 Å². The first-order chi connectivity index (χ1) is 18.3. The number of aryl methyl sites for hydroxylation is 1. The van der Waals surface area contributed by atoms with Crippen molar-refractivity contribution in [3.8, 4) is 0 Å². The monoisotopic (exact) mass is 555 g/mol. The average Bonchev–Trinajstić information content (AvgIpc) is 3.32. The molecule has 2 aromatic carbocycles. The Balaban J connectivity index is 1.19. The van der Waals surface area contributed by atoms with Crippen molar-refractivity contribution in [3.05, 3.63) is 76.2 Å². The average molecular weight is 556 g/mol. The number of piperidine rings is 1. The summed E-state index contributed by atoms with van der Waals surface area (Å²) < 4.78 is 48.5. The van der Waals surface area contributed by atoms with Crippen LogP contribution in [-0.4, -0.2) is 64.6 Å². The molecule has 38 heavy (non-hydrogen) atoms. The fraction of sp³-hybridized carbons (Fsp3) is 0.393. The molecule has 2 unspecified atom stereocenters. The SMILES string of the molecule is Cc1ccc(S(=O)(=O)N2CC3C(CN(C(=O)c4cccs4)c4ccc(N5CCOCC5)c(F)c4)C3C2)cc1. The molecule has 6 rings (SSSR count). The highest BCUT2D eigenvalue weighted by Gasteiger charge is 2.58. The minimum Gasteiger partial charge on any atom is -0.378 e. The van der Waals surface area contributed by atoms with Gasteiger partial charge in [0.2, 0.25) is 10.0 Å². The summed E-state index contributed by atoms with van der Waals surface area (Å²) in [4.78, 5) is 18.0. The molecule has 0 bridgehead atoms. The molecular weight excluding hydrogens is 525 g/mol. The number of fused-ring (bicyclic) bond motifs is 1. The zero-order valence-corrected chi connectivity index (χ0v) is 22.8. The molecule has 2 aliphatic heterocycles. The van der Waals surface area contributed by atoms with E-state index in [0.29, 0.717) is 67.1 Å². The lowest BCUT2D eigenvalue weighted by Gasteiger charge is -2.30. The van der Waals surface area contributed by atoms with Crippen molar-refractivity contribution in [1.82, 2.24) is 4.31 Å². The van der Waals surface area contributed by atoms with Gasteiger partial charge in [0.25, 0.3) is 5.91 Å². The van der Waals surface area contributed by atoms with Crippen molar-refractivity contribution in [2.75, 3.05) is 55.7 Å². The number of halogens is 1. The van der Waals surface area contributed by atoms with Gasteiger partial charge in [-0.25, -0.2) is 12.8 Å². The lowest BCUT2D eigenvalue weighted by Crippen LogP contribution is -2.37. The summed E-state index contributed by atoms with van der Waals surface area (Å²) in [7, 11) is -3.54. The number of carbonyl (C=O) groups is 1. The van der Waals surface area contributed by atoms with E-state index < -0.39 is 10.0 Å². The molecule has 3 fully saturated rings. The van der Waals surface area contributed by atoms with Crippen molar-refractivity contribution in [2.24, 2.45) is 17.8 Å². The first kappa shape index (κ1) is 25.5. The first-order valence-corrected chi connectivity index (χ1v) is 15.2. The molecule has 0 spiro atoms. The summed E-state index contributed by atoms with van der Waals surface area (Å²) in [6.07, 6.45) is 0. The summed E-state index contributed by atoms with van der Waals surface area (Å²) in [5.41, 5.74) is 2.05. The predicted octanol–water partition coefficient (Wildman–Crippen LogP) is 4.25. The number of rotatable bonds is 7. The molecule has 3 aliphatic rings. The van der Waals surface area contributed by atoms with Crippen LogP contribution in [0.1, 0.15) is 15.2 Å². The van der Waals surface area contributed by atoms with Gasteiger partial charge in [0.15, 0.2) is 0 Å². The van der Waals surface area contributed by atoms with E-state index in [1.165, 1.54) is 17.4 Å². The fourth-order valence-electron chi connectivity index (χ4n) is 5.71. The van der Waals surface area contributed by atoms with E-state index in [9.17, 15) is 13.2 Å². The van der Waals surface area contributed by atoms with Gasteiger partial charge in [0.05, 0.1) is 28.7 Å². The number of nitrogens with zero attached hydrogens (tertiary/aromatic N) is 3. The van der Waals surface area contributed by atoms with Gasteiger partial charge in [-0.2, -0.15) is 4.31 Å². The Morgan fingerprint density at radius 3 is 2.42 bits per heavy atom. The van der Waals surface area contributed by atoms with Crippen molar-refractivity contribution in [1.29, 1.82) is 0 Å². The quantitative estimate of drug-likeness (QED) is 0.436. The van der Waals surface area contributed by atoms with Gasteiger partial charge in [0, 0.05) is 38.4 Å². The van der Waals surface area contributed by atoms with Crippen LogP contribution in [0, 0.1) is 30.5 Å². The Labute approximate surface area is 226 Å².